The van der Waals surface area contributed by atoms with Crippen LogP contribution in [0.1, 0.15) is 30.4 Å². The first-order valence-corrected chi connectivity index (χ1v) is 8.82. The minimum Gasteiger partial charge on any atom is -0.351 e. The molecule has 0 spiro atoms. The van der Waals surface area contributed by atoms with E-state index in [9.17, 15) is 9.59 Å². The molecule has 1 N–H and O–H groups in total. The number of hydrogen-bond donors (Lipinski definition) is 1. The molecule has 2 amide bonds. The number of carbonyl (C=O) groups is 2. The maximum Gasteiger partial charge on any atom is 0.262 e. The van der Waals surface area contributed by atoms with E-state index in [2.05, 4.69) is 15.2 Å². The first kappa shape index (κ1) is 16.1. The molecule has 122 valence electrons. The number of nitrogens with one attached hydrogen (secondary N) is 1. The second kappa shape index (κ2) is 6.74. The Labute approximate surface area is 140 Å². The van der Waals surface area contributed by atoms with Gasteiger partial charge in [-0.1, -0.05) is 29.5 Å². The van der Waals surface area contributed by atoms with Gasteiger partial charge in [-0.3, -0.25) is 9.59 Å². The SMILES string of the molecule is Cc1ccc(NC(=O)C[C@H]2SC(N3CCCC3)=NC2=O)c(C)c1. The van der Waals surface area contributed by atoms with E-state index >= 15 is 0 Å². The number of aliphatic imine (C=N–C) groups is 1. The van der Waals surface area contributed by atoms with Gasteiger partial charge in [-0.15, -0.1) is 0 Å². The minimum absolute atomic E-state index is 0.138. The van der Waals surface area contributed by atoms with Crippen molar-refractivity contribution < 1.29 is 9.59 Å². The smallest absolute Gasteiger partial charge is 0.262 e. The van der Waals surface area contributed by atoms with Crippen molar-refractivity contribution in [3.63, 3.8) is 0 Å². The number of amides is 2. The highest BCUT2D eigenvalue weighted by Crippen LogP contribution is 2.29. The minimum atomic E-state index is -0.392. The third-order valence-electron chi connectivity index (χ3n) is 4.13. The van der Waals surface area contributed by atoms with Crippen LogP contribution in [0.2, 0.25) is 0 Å². The van der Waals surface area contributed by atoms with Gasteiger partial charge in [0.2, 0.25) is 5.91 Å². The Bertz CT molecular complexity index is 666. The number of benzene rings is 1. The summed E-state index contributed by atoms with van der Waals surface area (Å²) in [5, 5.41) is 3.30. The molecule has 6 heteroatoms. The molecule has 2 aliphatic heterocycles. The molecule has 23 heavy (non-hydrogen) atoms. The first-order chi connectivity index (χ1) is 11.0. The van der Waals surface area contributed by atoms with Gasteiger partial charge in [0.25, 0.3) is 5.91 Å². The number of rotatable bonds is 3. The average Bonchev–Trinajstić information content (AvgIpc) is 3.13. The summed E-state index contributed by atoms with van der Waals surface area (Å²) in [4.78, 5) is 30.5. The van der Waals surface area contributed by atoms with E-state index in [1.54, 1.807) is 0 Å². The van der Waals surface area contributed by atoms with E-state index in [1.807, 2.05) is 32.0 Å². The molecule has 2 aliphatic rings. The Morgan fingerprint density at radius 2 is 2.09 bits per heavy atom. The van der Waals surface area contributed by atoms with Gasteiger partial charge >= 0.3 is 0 Å². The number of likely N-dealkylation sites (tertiary alicyclic amines) is 1. The molecule has 0 radical (unpaired) electrons. The molecule has 0 aromatic heterocycles. The van der Waals surface area contributed by atoms with Crippen molar-refractivity contribution in [1.82, 2.24) is 4.90 Å². The number of carbonyl (C=O) groups excluding carboxylic acids is 2. The van der Waals surface area contributed by atoms with E-state index in [4.69, 9.17) is 0 Å². The Hall–Kier alpha value is -1.82. The zero-order chi connectivity index (χ0) is 16.4. The van der Waals surface area contributed by atoms with Gasteiger partial charge in [0.1, 0.15) is 5.25 Å². The van der Waals surface area contributed by atoms with Gasteiger partial charge in [-0.05, 0) is 38.3 Å². The number of nitrogens with zero attached hydrogens (tertiary/aromatic N) is 2. The topological polar surface area (TPSA) is 61.8 Å². The molecule has 5 nitrogen and oxygen atoms in total. The molecular formula is C17H21N3O2S. The highest BCUT2D eigenvalue weighted by Gasteiger charge is 2.33. The zero-order valence-electron chi connectivity index (χ0n) is 13.5. The Morgan fingerprint density at radius 1 is 1.35 bits per heavy atom. The maximum absolute atomic E-state index is 12.2. The van der Waals surface area contributed by atoms with Crippen molar-refractivity contribution in [2.45, 2.75) is 38.4 Å². The fraction of sp³-hybridized carbons (Fsp3) is 0.471. The lowest BCUT2D eigenvalue weighted by Crippen LogP contribution is -2.25. The van der Waals surface area contributed by atoms with Crippen molar-refractivity contribution in [2.75, 3.05) is 18.4 Å². The van der Waals surface area contributed by atoms with Crippen LogP contribution in [0.15, 0.2) is 23.2 Å². The number of amidine groups is 1. The lowest BCUT2D eigenvalue weighted by molar-refractivity contribution is -0.121. The number of thioether (sulfide) groups is 1. The predicted molar refractivity (Wildman–Crippen MR) is 93.8 cm³/mol. The summed E-state index contributed by atoms with van der Waals surface area (Å²) in [5.74, 6) is -0.326. The lowest BCUT2D eigenvalue weighted by Gasteiger charge is -2.16. The predicted octanol–water partition coefficient (Wildman–Crippen LogP) is 2.73. The van der Waals surface area contributed by atoms with E-state index in [0.717, 1.165) is 47.9 Å². The van der Waals surface area contributed by atoms with Crippen LogP contribution in [0, 0.1) is 13.8 Å². The molecular weight excluding hydrogens is 310 g/mol. The zero-order valence-corrected chi connectivity index (χ0v) is 14.3. The number of hydrogen-bond acceptors (Lipinski definition) is 4. The highest BCUT2D eigenvalue weighted by molar-refractivity contribution is 8.15. The first-order valence-electron chi connectivity index (χ1n) is 7.94. The van der Waals surface area contributed by atoms with Gasteiger partial charge in [0, 0.05) is 25.2 Å². The van der Waals surface area contributed by atoms with E-state index < -0.39 is 5.25 Å². The van der Waals surface area contributed by atoms with Gasteiger partial charge in [-0.25, -0.2) is 0 Å². The summed E-state index contributed by atoms with van der Waals surface area (Å²) >= 11 is 1.43. The van der Waals surface area contributed by atoms with E-state index in [0.29, 0.717) is 0 Å². The van der Waals surface area contributed by atoms with Gasteiger partial charge in [0.15, 0.2) is 5.17 Å². The van der Waals surface area contributed by atoms with Crippen LogP contribution in [0.3, 0.4) is 0 Å². The van der Waals surface area contributed by atoms with Crippen LogP contribution < -0.4 is 5.32 Å². The summed E-state index contributed by atoms with van der Waals surface area (Å²) in [6.07, 6.45) is 2.45. The van der Waals surface area contributed by atoms with E-state index in [1.165, 1.54) is 11.8 Å². The molecule has 1 fully saturated rings. The van der Waals surface area contributed by atoms with Crippen LogP contribution in [-0.4, -0.2) is 40.2 Å². The molecule has 0 unspecified atom stereocenters. The quantitative estimate of drug-likeness (QED) is 0.925. The summed E-state index contributed by atoms with van der Waals surface area (Å²) in [6.45, 7) is 5.90. The third kappa shape index (κ3) is 3.75. The van der Waals surface area contributed by atoms with Crippen LogP contribution in [-0.2, 0) is 9.59 Å². The molecule has 1 aromatic rings. The van der Waals surface area contributed by atoms with Crippen LogP contribution in [0.4, 0.5) is 5.69 Å². The van der Waals surface area contributed by atoms with Gasteiger partial charge < -0.3 is 10.2 Å². The highest BCUT2D eigenvalue weighted by atomic mass is 32.2. The van der Waals surface area contributed by atoms with Gasteiger partial charge in [0.05, 0.1) is 0 Å². The monoisotopic (exact) mass is 331 g/mol. The maximum atomic E-state index is 12.2. The number of aryl methyl sites for hydroxylation is 2. The third-order valence-corrected chi connectivity index (χ3v) is 5.35. The normalized spacial score (nSPS) is 20.8. The summed E-state index contributed by atoms with van der Waals surface area (Å²) in [6, 6.07) is 5.89. The molecule has 1 atom stereocenters. The summed E-state index contributed by atoms with van der Waals surface area (Å²) in [5.41, 5.74) is 2.99. The number of anilines is 1. The van der Waals surface area contributed by atoms with Crippen molar-refractivity contribution in [3.8, 4) is 0 Å². The summed E-state index contributed by atoms with van der Waals surface area (Å²) in [7, 11) is 0. The molecule has 0 bridgehead atoms. The molecule has 0 aliphatic carbocycles. The van der Waals surface area contributed by atoms with Crippen LogP contribution in [0.5, 0.6) is 0 Å². The Balaban J connectivity index is 1.57. The standard InChI is InChI=1S/C17H21N3O2S/c1-11-5-6-13(12(2)9-11)18-15(21)10-14-16(22)19-17(23-14)20-7-3-4-8-20/h5-6,9,14H,3-4,7-8,10H2,1-2H3,(H,18,21)/t14-/m1/s1. The fourth-order valence-electron chi connectivity index (χ4n) is 2.88. The lowest BCUT2D eigenvalue weighted by atomic mass is 10.1. The van der Waals surface area contributed by atoms with Crippen molar-refractivity contribution in [2.24, 2.45) is 4.99 Å². The summed E-state index contributed by atoms with van der Waals surface area (Å²) < 4.78 is 0. The largest absolute Gasteiger partial charge is 0.351 e. The average molecular weight is 331 g/mol. The second-order valence-electron chi connectivity index (χ2n) is 6.10. The molecule has 2 heterocycles. The van der Waals surface area contributed by atoms with E-state index in [-0.39, 0.29) is 18.2 Å². The molecule has 1 saturated heterocycles. The van der Waals surface area contributed by atoms with Crippen molar-refractivity contribution in [1.29, 1.82) is 0 Å². The second-order valence-corrected chi connectivity index (χ2v) is 7.27. The fourth-order valence-corrected chi connectivity index (χ4v) is 3.99. The van der Waals surface area contributed by atoms with Crippen molar-refractivity contribution >= 4 is 34.4 Å². The Kier molecular flexibility index (Phi) is 4.71. The van der Waals surface area contributed by atoms with Crippen molar-refractivity contribution in [3.05, 3.63) is 29.3 Å². The van der Waals surface area contributed by atoms with Crippen LogP contribution in [0.25, 0.3) is 0 Å². The molecule has 1 aromatic carbocycles. The molecule has 0 saturated carbocycles. The van der Waals surface area contributed by atoms with Gasteiger partial charge in [-0.2, -0.15) is 4.99 Å². The molecule has 3 rings (SSSR count). The Morgan fingerprint density at radius 3 is 2.78 bits per heavy atom. The van der Waals surface area contributed by atoms with Crippen LogP contribution >= 0.6 is 11.8 Å².